The Labute approximate surface area is 226 Å². The summed E-state index contributed by atoms with van der Waals surface area (Å²) in [5.41, 5.74) is 4.69. The number of nitrogens with one attached hydrogen (secondary N) is 1. The summed E-state index contributed by atoms with van der Waals surface area (Å²) in [5.74, 6) is -0.425. The van der Waals surface area contributed by atoms with E-state index in [4.69, 9.17) is 23.2 Å². The highest BCUT2D eigenvalue weighted by Crippen LogP contribution is 2.32. The third kappa shape index (κ3) is 5.34. The molecule has 0 unspecified atom stereocenters. The van der Waals surface area contributed by atoms with E-state index in [2.05, 4.69) is 37.2 Å². The van der Waals surface area contributed by atoms with E-state index in [0.29, 0.717) is 24.8 Å². The second-order valence-electron chi connectivity index (χ2n) is 8.63. The zero-order valence-electron chi connectivity index (χ0n) is 19.1. The molecule has 184 valence electrons. The van der Waals surface area contributed by atoms with Crippen molar-refractivity contribution in [2.24, 2.45) is 0 Å². The smallest absolute Gasteiger partial charge is 0.326 e. The molecule has 1 aliphatic rings. The molecule has 9 heteroatoms. The Morgan fingerprint density at radius 1 is 1.17 bits per heavy atom. The summed E-state index contributed by atoms with van der Waals surface area (Å²) in [6, 6.07) is 14.2. The average molecular weight is 588 g/mol. The minimum absolute atomic E-state index is 0.118. The second-order valence-corrected chi connectivity index (χ2v) is 10.3. The minimum Gasteiger partial charge on any atom is -0.333 e. The van der Waals surface area contributed by atoms with E-state index in [1.807, 2.05) is 30.4 Å². The topological polar surface area (TPSA) is 50.2 Å². The normalized spacial score (nSPS) is 13.9. The molecule has 0 radical (unpaired) electrons. The van der Waals surface area contributed by atoms with Gasteiger partial charge >= 0.3 is 6.03 Å². The van der Waals surface area contributed by atoms with Crippen molar-refractivity contribution in [3.63, 3.8) is 0 Å². The van der Waals surface area contributed by atoms with Crippen LogP contribution in [0.2, 0.25) is 10.2 Å². The van der Waals surface area contributed by atoms with Gasteiger partial charge in [-0.05, 0) is 53.1 Å². The minimum atomic E-state index is -0.425. The molecule has 0 atom stereocenters. The van der Waals surface area contributed by atoms with Gasteiger partial charge in [-0.3, -0.25) is 9.47 Å². The highest BCUT2D eigenvalue weighted by molar-refractivity contribution is 9.10. The van der Waals surface area contributed by atoms with Gasteiger partial charge in [0.05, 0.1) is 10.5 Å². The summed E-state index contributed by atoms with van der Waals surface area (Å²) in [4.78, 5) is 19.6. The van der Waals surface area contributed by atoms with Crippen molar-refractivity contribution in [3.05, 3.63) is 104 Å². The van der Waals surface area contributed by atoms with Gasteiger partial charge in [0.1, 0.15) is 11.0 Å². The molecular weight excluding hydrogens is 566 g/mol. The van der Waals surface area contributed by atoms with Gasteiger partial charge in [-0.2, -0.15) is 0 Å². The lowest BCUT2D eigenvalue weighted by atomic mass is 10.0. The molecule has 0 spiro atoms. The summed E-state index contributed by atoms with van der Waals surface area (Å²) in [6.07, 6.45) is 6.28. The molecule has 1 amide bonds. The van der Waals surface area contributed by atoms with Gasteiger partial charge in [0.15, 0.2) is 0 Å². The van der Waals surface area contributed by atoms with Crippen molar-refractivity contribution in [1.82, 2.24) is 19.8 Å². The van der Waals surface area contributed by atoms with Crippen molar-refractivity contribution >= 4 is 62.1 Å². The standard InChI is InChI=1S/C27H22BrCl2FN4O/c28-19-4-5-20-21-16-34(10-1-2-17-3-6-22(29)23(31)12-17)11-8-24(21)35(25(20)14-19)27(36)33-15-18-7-9-32-26(30)13-18/h1-7,9,12-14H,8,10-11,15-16H2,(H,33,36). The first-order chi connectivity index (χ1) is 17.4. The summed E-state index contributed by atoms with van der Waals surface area (Å²) in [5, 5.41) is 4.59. The van der Waals surface area contributed by atoms with Crippen molar-refractivity contribution in [3.8, 4) is 0 Å². The number of halogens is 4. The molecule has 3 heterocycles. The van der Waals surface area contributed by atoms with Crippen LogP contribution in [0.5, 0.6) is 0 Å². The van der Waals surface area contributed by atoms with Gasteiger partial charge in [0.25, 0.3) is 0 Å². The maximum atomic E-state index is 13.7. The molecule has 2 aromatic heterocycles. The first-order valence-electron chi connectivity index (χ1n) is 11.4. The number of aromatic nitrogens is 2. The fourth-order valence-electron chi connectivity index (χ4n) is 4.54. The fraction of sp³-hybridized carbons (Fsp3) is 0.185. The summed E-state index contributed by atoms with van der Waals surface area (Å²) < 4.78 is 16.4. The number of carbonyl (C=O) groups is 1. The molecule has 0 bridgehead atoms. The molecule has 0 aliphatic carbocycles. The lowest BCUT2D eigenvalue weighted by molar-refractivity contribution is 0.240. The van der Waals surface area contributed by atoms with E-state index in [1.54, 1.807) is 29.0 Å². The van der Waals surface area contributed by atoms with Crippen molar-refractivity contribution in [2.75, 3.05) is 13.1 Å². The predicted octanol–water partition coefficient (Wildman–Crippen LogP) is 7.07. The van der Waals surface area contributed by atoms with Crippen LogP contribution < -0.4 is 5.32 Å². The Morgan fingerprint density at radius 3 is 2.83 bits per heavy atom. The first-order valence-corrected chi connectivity index (χ1v) is 13.0. The molecule has 0 saturated heterocycles. The van der Waals surface area contributed by atoms with E-state index < -0.39 is 5.82 Å². The Kier molecular flexibility index (Phi) is 7.44. The number of hydrogen-bond donors (Lipinski definition) is 1. The highest BCUT2D eigenvalue weighted by atomic mass is 79.9. The number of benzene rings is 2. The van der Waals surface area contributed by atoms with Gasteiger partial charge in [-0.1, -0.05) is 63.4 Å². The zero-order chi connectivity index (χ0) is 25.2. The maximum absolute atomic E-state index is 13.7. The molecule has 2 aromatic carbocycles. The number of amides is 1. The molecule has 1 aliphatic heterocycles. The average Bonchev–Trinajstić information content (AvgIpc) is 3.17. The third-order valence-corrected chi connectivity index (χ3v) is 7.25. The van der Waals surface area contributed by atoms with Gasteiger partial charge in [0, 0.05) is 54.3 Å². The Balaban J connectivity index is 1.36. The van der Waals surface area contributed by atoms with Crippen LogP contribution in [-0.2, 0) is 19.5 Å². The van der Waals surface area contributed by atoms with E-state index in [1.165, 1.54) is 6.07 Å². The van der Waals surface area contributed by atoms with E-state index >= 15 is 0 Å². The van der Waals surface area contributed by atoms with Crippen molar-refractivity contribution in [2.45, 2.75) is 19.5 Å². The number of fused-ring (bicyclic) bond motifs is 3. The highest BCUT2D eigenvalue weighted by Gasteiger charge is 2.26. The lowest BCUT2D eigenvalue weighted by Gasteiger charge is -2.27. The maximum Gasteiger partial charge on any atom is 0.326 e. The van der Waals surface area contributed by atoms with Crippen LogP contribution in [-0.4, -0.2) is 33.6 Å². The largest absolute Gasteiger partial charge is 0.333 e. The SMILES string of the molecule is O=C(NCc1ccnc(Cl)c1)n1c2c(c3ccc(Br)cc31)CN(CC=Cc1ccc(Cl)c(F)c1)CC2. The van der Waals surface area contributed by atoms with Crippen LogP contribution in [0, 0.1) is 5.82 Å². The van der Waals surface area contributed by atoms with Gasteiger partial charge in [-0.15, -0.1) is 0 Å². The Hall–Kier alpha value is -2.71. The molecule has 5 nitrogen and oxygen atoms in total. The first kappa shape index (κ1) is 25.0. The Morgan fingerprint density at radius 2 is 2.03 bits per heavy atom. The van der Waals surface area contributed by atoms with Crippen LogP contribution in [0.1, 0.15) is 22.4 Å². The van der Waals surface area contributed by atoms with Gasteiger partial charge in [-0.25, -0.2) is 14.2 Å². The zero-order valence-corrected chi connectivity index (χ0v) is 22.2. The van der Waals surface area contributed by atoms with Crippen LogP contribution >= 0.6 is 39.1 Å². The van der Waals surface area contributed by atoms with Gasteiger partial charge in [0.2, 0.25) is 0 Å². The molecule has 5 rings (SSSR count). The third-order valence-electron chi connectivity index (χ3n) is 6.25. The Bertz CT molecular complexity index is 1490. The van der Waals surface area contributed by atoms with Crippen molar-refractivity contribution in [1.29, 1.82) is 0 Å². The second kappa shape index (κ2) is 10.7. The van der Waals surface area contributed by atoms with Gasteiger partial charge < -0.3 is 5.32 Å². The van der Waals surface area contributed by atoms with Crippen LogP contribution in [0.15, 0.2) is 65.3 Å². The predicted molar refractivity (Wildman–Crippen MR) is 146 cm³/mol. The summed E-state index contributed by atoms with van der Waals surface area (Å²) in [6.45, 7) is 2.58. The van der Waals surface area contributed by atoms with E-state index in [0.717, 1.165) is 50.7 Å². The fourth-order valence-corrected chi connectivity index (χ4v) is 5.20. The van der Waals surface area contributed by atoms with Crippen LogP contribution in [0.3, 0.4) is 0 Å². The monoisotopic (exact) mass is 586 g/mol. The van der Waals surface area contributed by atoms with E-state index in [9.17, 15) is 9.18 Å². The van der Waals surface area contributed by atoms with Crippen molar-refractivity contribution < 1.29 is 9.18 Å². The number of hydrogen-bond acceptors (Lipinski definition) is 3. The molecule has 4 aromatic rings. The number of nitrogens with zero attached hydrogens (tertiary/aromatic N) is 3. The molecule has 0 saturated carbocycles. The number of rotatable bonds is 5. The number of carbonyl (C=O) groups excluding carboxylic acids is 1. The molecule has 36 heavy (non-hydrogen) atoms. The summed E-state index contributed by atoms with van der Waals surface area (Å²) in [7, 11) is 0. The number of pyridine rings is 1. The van der Waals surface area contributed by atoms with Crippen LogP contribution in [0.25, 0.3) is 17.0 Å². The van der Waals surface area contributed by atoms with Crippen LogP contribution in [0.4, 0.5) is 9.18 Å². The summed E-state index contributed by atoms with van der Waals surface area (Å²) >= 11 is 15.3. The quantitative estimate of drug-likeness (QED) is 0.254. The lowest BCUT2D eigenvalue weighted by Crippen LogP contribution is -2.34. The van der Waals surface area contributed by atoms with E-state index in [-0.39, 0.29) is 11.1 Å². The molecule has 1 N–H and O–H groups in total. The molecular formula is C27H22BrCl2FN4O. The molecule has 0 fully saturated rings.